The third kappa shape index (κ3) is 4.10. The van der Waals surface area contributed by atoms with Gasteiger partial charge in [-0.3, -0.25) is 0 Å². The van der Waals surface area contributed by atoms with Gasteiger partial charge in [-0.15, -0.1) is 12.4 Å². The van der Waals surface area contributed by atoms with Crippen LogP contribution in [0.1, 0.15) is 32.3 Å². The zero-order chi connectivity index (χ0) is 14.8. The number of hydrogen-bond donors (Lipinski definition) is 2. The minimum atomic E-state index is -3.52. The lowest BCUT2D eigenvalue weighted by atomic mass is 9.95. The van der Waals surface area contributed by atoms with Gasteiger partial charge in [0, 0.05) is 18.5 Å². The van der Waals surface area contributed by atoms with Crippen molar-refractivity contribution in [1.82, 2.24) is 4.72 Å². The van der Waals surface area contributed by atoms with Gasteiger partial charge in [-0.05, 0) is 36.6 Å². The highest BCUT2D eigenvalue weighted by molar-refractivity contribution is 7.89. The molecule has 0 saturated carbocycles. The molecule has 0 aromatic heterocycles. The Morgan fingerprint density at radius 2 is 2.00 bits per heavy atom. The standard InChI is InChI=1S/C14H22N2O3S.ClH/c1-3-14(15,4-2)10-16-20(17,18)12-5-6-13-11(9-12)7-8-19-13;/h5-6,9,16H,3-4,7-8,10,15H2,1-2H3;1H. The number of sulfonamides is 1. The van der Waals surface area contributed by atoms with Gasteiger partial charge in [-0.2, -0.15) is 0 Å². The molecule has 3 N–H and O–H groups in total. The maximum absolute atomic E-state index is 12.3. The molecular formula is C14H23ClN2O3S. The van der Waals surface area contributed by atoms with Crippen molar-refractivity contribution in [2.75, 3.05) is 13.2 Å². The first-order valence-corrected chi connectivity index (χ1v) is 8.43. The van der Waals surface area contributed by atoms with E-state index >= 15 is 0 Å². The van der Waals surface area contributed by atoms with Crippen molar-refractivity contribution in [3.8, 4) is 5.75 Å². The molecule has 0 fully saturated rings. The number of nitrogens with one attached hydrogen (secondary N) is 1. The SMILES string of the molecule is CCC(N)(CC)CNS(=O)(=O)c1ccc2c(c1)CCO2.Cl. The number of benzene rings is 1. The molecule has 0 atom stereocenters. The summed E-state index contributed by atoms with van der Waals surface area (Å²) in [6.45, 7) is 4.79. The molecule has 0 spiro atoms. The summed E-state index contributed by atoms with van der Waals surface area (Å²) in [5, 5.41) is 0. The minimum Gasteiger partial charge on any atom is -0.493 e. The Hall–Kier alpha value is -0.820. The second kappa shape index (κ2) is 6.96. The highest BCUT2D eigenvalue weighted by Crippen LogP contribution is 2.27. The van der Waals surface area contributed by atoms with Gasteiger partial charge in [-0.25, -0.2) is 13.1 Å². The van der Waals surface area contributed by atoms with Crippen LogP contribution < -0.4 is 15.2 Å². The predicted octanol–water partition coefficient (Wildman–Crippen LogP) is 1.84. The molecule has 0 aliphatic carbocycles. The van der Waals surface area contributed by atoms with E-state index in [9.17, 15) is 8.42 Å². The lowest BCUT2D eigenvalue weighted by Crippen LogP contribution is -2.49. The van der Waals surface area contributed by atoms with E-state index in [1.54, 1.807) is 18.2 Å². The summed E-state index contributed by atoms with van der Waals surface area (Å²) in [7, 11) is -3.52. The van der Waals surface area contributed by atoms with E-state index in [0.29, 0.717) is 6.61 Å². The molecule has 1 aromatic rings. The van der Waals surface area contributed by atoms with Crippen LogP contribution in [-0.4, -0.2) is 27.1 Å². The molecule has 0 radical (unpaired) electrons. The van der Waals surface area contributed by atoms with Gasteiger partial charge in [0.1, 0.15) is 5.75 Å². The minimum absolute atomic E-state index is 0. The smallest absolute Gasteiger partial charge is 0.240 e. The molecule has 21 heavy (non-hydrogen) atoms. The van der Waals surface area contributed by atoms with E-state index in [4.69, 9.17) is 10.5 Å². The molecule has 7 heteroatoms. The normalized spacial score (nSPS) is 14.2. The van der Waals surface area contributed by atoms with Crippen molar-refractivity contribution in [3.63, 3.8) is 0 Å². The summed E-state index contributed by atoms with van der Waals surface area (Å²) in [5.41, 5.74) is 6.57. The summed E-state index contributed by atoms with van der Waals surface area (Å²) in [5.74, 6) is 0.777. The number of nitrogens with two attached hydrogens (primary N) is 1. The van der Waals surface area contributed by atoms with E-state index in [1.807, 2.05) is 13.8 Å². The van der Waals surface area contributed by atoms with Crippen molar-refractivity contribution in [2.24, 2.45) is 5.73 Å². The van der Waals surface area contributed by atoms with Crippen LogP contribution in [0.4, 0.5) is 0 Å². The Morgan fingerprint density at radius 3 is 2.62 bits per heavy atom. The van der Waals surface area contributed by atoms with Crippen LogP contribution in [0.2, 0.25) is 0 Å². The van der Waals surface area contributed by atoms with Gasteiger partial charge >= 0.3 is 0 Å². The monoisotopic (exact) mass is 334 g/mol. The Kier molecular flexibility index (Phi) is 6.04. The molecule has 1 heterocycles. The molecular weight excluding hydrogens is 312 g/mol. The van der Waals surface area contributed by atoms with Gasteiger partial charge < -0.3 is 10.5 Å². The highest BCUT2D eigenvalue weighted by Gasteiger charge is 2.25. The lowest BCUT2D eigenvalue weighted by molar-refractivity contribution is 0.356. The van der Waals surface area contributed by atoms with Crippen LogP contribution in [0.3, 0.4) is 0 Å². The van der Waals surface area contributed by atoms with Gasteiger partial charge in [0.15, 0.2) is 0 Å². The quantitative estimate of drug-likeness (QED) is 0.831. The first-order chi connectivity index (χ1) is 9.40. The Morgan fingerprint density at radius 1 is 1.33 bits per heavy atom. The molecule has 1 aromatic carbocycles. The maximum Gasteiger partial charge on any atom is 0.240 e. The molecule has 0 unspecified atom stereocenters. The Labute approximate surface area is 132 Å². The Balaban J connectivity index is 0.00000220. The fourth-order valence-electron chi connectivity index (χ4n) is 2.15. The van der Waals surface area contributed by atoms with Crippen molar-refractivity contribution < 1.29 is 13.2 Å². The van der Waals surface area contributed by atoms with Crippen molar-refractivity contribution in [2.45, 2.75) is 43.5 Å². The third-order valence-electron chi connectivity index (χ3n) is 3.99. The van der Waals surface area contributed by atoms with Crippen LogP contribution >= 0.6 is 12.4 Å². The first-order valence-electron chi connectivity index (χ1n) is 6.94. The average molecular weight is 335 g/mol. The lowest BCUT2D eigenvalue weighted by Gasteiger charge is -2.26. The van der Waals surface area contributed by atoms with Gasteiger partial charge in [0.2, 0.25) is 10.0 Å². The van der Waals surface area contributed by atoms with E-state index < -0.39 is 15.6 Å². The topological polar surface area (TPSA) is 81.4 Å². The molecule has 2 rings (SSSR count). The molecule has 1 aliphatic rings. The fourth-order valence-corrected chi connectivity index (χ4v) is 3.34. The average Bonchev–Trinajstić information content (AvgIpc) is 2.92. The fraction of sp³-hybridized carbons (Fsp3) is 0.571. The summed E-state index contributed by atoms with van der Waals surface area (Å²) >= 11 is 0. The maximum atomic E-state index is 12.3. The van der Waals surface area contributed by atoms with E-state index in [-0.39, 0.29) is 23.8 Å². The van der Waals surface area contributed by atoms with Crippen LogP contribution in [0.5, 0.6) is 5.75 Å². The van der Waals surface area contributed by atoms with Crippen LogP contribution in [0, 0.1) is 0 Å². The third-order valence-corrected chi connectivity index (χ3v) is 5.39. The molecule has 0 saturated heterocycles. The number of halogens is 1. The molecule has 120 valence electrons. The Bertz CT molecular complexity index is 586. The largest absolute Gasteiger partial charge is 0.493 e. The predicted molar refractivity (Wildman–Crippen MR) is 85.6 cm³/mol. The van der Waals surface area contributed by atoms with E-state index in [2.05, 4.69) is 4.72 Å². The molecule has 0 bridgehead atoms. The molecule has 1 aliphatic heterocycles. The van der Waals surface area contributed by atoms with Crippen molar-refractivity contribution in [1.29, 1.82) is 0 Å². The van der Waals surface area contributed by atoms with Gasteiger partial charge in [0.25, 0.3) is 0 Å². The summed E-state index contributed by atoms with van der Waals surface area (Å²) in [6, 6.07) is 4.97. The van der Waals surface area contributed by atoms with Crippen molar-refractivity contribution in [3.05, 3.63) is 23.8 Å². The van der Waals surface area contributed by atoms with Crippen molar-refractivity contribution >= 4 is 22.4 Å². The number of ether oxygens (including phenoxy) is 1. The van der Waals surface area contributed by atoms with Crippen LogP contribution in [0.25, 0.3) is 0 Å². The second-order valence-corrected chi connectivity index (χ2v) is 7.03. The second-order valence-electron chi connectivity index (χ2n) is 5.26. The first kappa shape index (κ1) is 18.2. The van der Waals surface area contributed by atoms with Gasteiger partial charge in [0.05, 0.1) is 11.5 Å². The zero-order valence-corrected chi connectivity index (χ0v) is 14.0. The summed E-state index contributed by atoms with van der Waals surface area (Å²) < 4.78 is 32.6. The van der Waals surface area contributed by atoms with Crippen LogP contribution in [-0.2, 0) is 16.4 Å². The van der Waals surface area contributed by atoms with Gasteiger partial charge in [-0.1, -0.05) is 13.8 Å². The highest BCUT2D eigenvalue weighted by atomic mass is 35.5. The molecule has 0 amide bonds. The summed E-state index contributed by atoms with van der Waals surface area (Å²) in [6.07, 6.45) is 2.21. The zero-order valence-electron chi connectivity index (χ0n) is 12.4. The van der Waals surface area contributed by atoms with Crippen LogP contribution in [0.15, 0.2) is 23.1 Å². The number of fused-ring (bicyclic) bond motifs is 1. The van der Waals surface area contributed by atoms with E-state index in [0.717, 1.165) is 30.6 Å². The number of rotatable bonds is 6. The molecule has 5 nitrogen and oxygen atoms in total. The number of hydrogen-bond acceptors (Lipinski definition) is 4. The van der Waals surface area contributed by atoms with E-state index in [1.165, 1.54) is 0 Å². The summed E-state index contributed by atoms with van der Waals surface area (Å²) in [4.78, 5) is 0.274.